The van der Waals surface area contributed by atoms with Crippen molar-refractivity contribution in [2.24, 2.45) is 0 Å². The summed E-state index contributed by atoms with van der Waals surface area (Å²) < 4.78 is 5.14. The number of Topliss-reactive ketones (excluding diaryl/α,β-unsaturated/α-hetero) is 1. The van der Waals surface area contributed by atoms with Gasteiger partial charge >= 0.3 is 5.97 Å². The molecule has 2 aromatic heterocycles. The molecule has 2 heterocycles. The Bertz CT molecular complexity index is 891. The SMILES string of the molecule is Cc1cc(C(=O)COC(=O)CCc2c[nH]c3ccccc23)c(C)s1. The maximum atomic E-state index is 12.1. The highest BCUT2D eigenvalue weighted by Crippen LogP contribution is 2.21. The largest absolute Gasteiger partial charge is 0.457 e. The molecule has 1 N–H and O–H groups in total. The number of ketones is 1. The van der Waals surface area contributed by atoms with Crippen LogP contribution in [0.1, 0.15) is 32.1 Å². The molecule has 3 aromatic rings. The van der Waals surface area contributed by atoms with Crippen molar-refractivity contribution in [3.63, 3.8) is 0 Å². The van der Waals surface area contributed by atoms with Crippen molar-refractivity contribution in [1.82, 2.24) is 4.98 Å². The minimum absolute atomic E-state index is 0.141. The van der Waals surface area contributed by atoms with Gasteiger partial charge in [0.1, 0.15) is 0 Å². The number of thiophene rings is 1. The smallest absolute Gasteiger partial charge is 0.306 e. The molecule has 0 saturated heterocycles. The number of hydrogen-bond donors (Lipinski definition) is 1. The predicted octanol–water partition coefficient (Wildman–Crippen LogP) is 4.20. The number of aromatic amines is 1. The van der Waals surface area contributed by atoms with E-state index in [9.17, 15) is 9.59 Å². The number of benzene rings is 1. The van der Waals surface area contributed by atoms with Crippen molar-refractivity contribution in [1.29, 1.82) is 0 Å². The average Bonchev–Trinajstić information content (AvgIpc) is 3.13. The monoisotopic (exact) mass is 341 g/mol. The van der Waals surface area contributed by atoms with Crippen molar-refractivity contribution in [2.45, 2.75) is 26.7 Å². The highest BCUT2D eigenvalue weighted by Gasteiger charge is 2.15. The quantitative estimate of drug-likeness (QED) is 0.540. The first kappa shape index (κ1) is 16.5. The minimum atomic E-state index is -0.349. The van der Waals surface area contributed by atoms with Crippen molar-refractivity contribution < 1.29 is 14.3 Å². The van der Waals surface area contributed by atoms with Crippen LogP contribution < -0.4 is 0 Å². The third-order valence-electron chi connectivity index (χ3n) is 3.98. The number of ether oxygens (including phenoxy) is 1. The molecule has 1 aromatic carbocycles. The van der Waals surface area contributed by atoms with Gasteiger partial charge in [0.05, 0.1) is 0 Å². The maximum absolute atomic E-state index is 12.1. The van der Waals surface area contributed by atoms with E-state index < -0.39 is 0 Å². The summed E-state index contributed by atoms with van der Waals surface area (Å²) >= 11 is 1.58. The first-order chi connectivity index (χ1) is 11.5. The summed E-state index contributed by atoms with van der Waals surface area (Å²) in [5, 5.41) is 1.12. The van der Waals surface area contributed by atoms with Crippen LogP contribution in [-0.4, -0.2) is 23.3 Å². The summed E-state index contributed by atoms with van der Waals surface area (Å²) in [6, 6.07) is 9.82. The predicted molar refractivity (Wildman–Crippen MR) is 95.7 cm³/mol. The number of hydrogen-bond acceptors (Lipinski definition) is 4. The lowest BCUT2D eigenvalue weighted by Gasteiger charge is -2.04. The topological polar surface area (TPSA) is 59.2 Å². The molecule has 0 fully saturated rings. The number of nitrogens with one attached hydrogen (secondary N) is 1. The van der Waals surface area contributed by atoms with Crippen molar-refractivity contribution >= 4 is 34.0 Å². The van der Waals surface area contributed by atoms with Gasteiger partial charge in [0.25, 0.3) is 0 Å². The van der Waals surface area contributed by atoms with Gasteiger partial charge in [0.2, 0.25) is 5.78 Å². The van der Waals surface area contributed by atoms with E-state index in [1.54, 1.807) is 11.3 Å². The van der Waals surface area contributed by atoms with Crippen LogP contribution in [0.3, 0.4) is 0 Å². The summed E-state index contributed by atoms with van der Waals surface area (Å²) in [6.45, 7) is 3.68. The number of fused-ring (bicyclic) bond motifs is 1. The molecule has 0 aliphatic carbocycles. The molecule has 0 aliphatic rings. The molecular weight excluding hydrogens is 322 g/mol. The molecule has 124 valence electrons. The number of aryl methyl sites for hydroxylation is 3. The zero-order valence-electron chi connectivity index (χ0n) is 13.7. The molecule has 0 saturated carbocycles. The molecule has 0 amide bonds. The Labute approximate surface area is 144 Å². The second-order valence-electron chi connectivity index (χ2n) is 5.77. The lowest BCUT2D eigenvalue weighted by Crippen LogP contribution is -2.14. The molecule has 0 spiro atoms. The van der Waals surface area contributed by atoms with E-state index in [2.05, 4.69) is 4.98 Å². The maximum Gasteiger partial charge on any atom is 0.306 e. The van der Waals surface area contributed by atoms with Crippen LogP contribution in [-0.2, 0) is 16.0 Å². The van der Waals surface area contributed by atoms with Gasteiger partial charge in [-0.05, 0) is 38.0 Å². The first-order valence-corrected chi connectivity index (χ1v) is 8.67. The molecule has 0 atom stereocenters. The summed E-state index contributed by atoms with van der Waals surface area (Å²) in [6.07, 6.45) is 2.77. The normalized spacial score (nSPS) is 10.9. The van der Waals surface area contributed by atoms with Gasteiger partial charge in [-0.15, -0.1) is 11.3 Å². The second-order valence-corrected chi connectivity index (χ2v) is 7.23. The molecule has 4 nitrogen and oxygen atoms in total. The number of esters is 1. The lowest BCUT2D eigenvalue weighted by atomic mass is 10.1. The zero-order valence-corrected chi connectivity index (χ0v) is 14.5. The van der Waals surface area contributed by atoms with Crippen LogP contribution >= 0.6 is 11.3 Å². The van der Waals surface area contributed by atoms with Crippen LogP contribution in [0, 0.1) is 13.8 Å². The number of carbonyl (C=O) groups is 2. The molecule has 0 radical (unpaired) electrons. The van der Waals surface area contributed by atoms with E-state index in [4.69, 9.17) is 4.74 Å². The Hall–Kier alpha value is -2.40. The fourth-order valence-corrected chi connectivity index (χ4v) is 3.72. The Morgan fingerprint density at radius 1 is 1.21 bits per heavy atom. The van der Waals surface area contributed by atoms with Crippen LogP contribution in [0.5, 0.6) is 0 Å². The van der Waals surface area contributed by atoms with E-state index >= 15 is 0 Å². The van der Waals surface area contributed by atoms with E-state index in [1.165, 1.54) is 0 Å². The van der Waals surface area contributed by atoms with Crippen LogP contribution in [0.4, 0.5) is 0 Å². The molecule has 0 aliphatic heterocycles. The molecule has 24 heavy (non-hydrogen) atoms. The van der Waals surface area contributed by atoms with Gasteiger partial charge in [0, 0.05) is 38.8 Å². The number of H-pyrrole nitrogens is 1. The lowest BCUT2D eigenvalue weighted by molar-refractivity contribution is -0.142. The first-order valence-electron chi connectivity index (χ1n) is 7.85. The summed E-state index contributed by atoms with van der Waals surface area (Å²) in [7, 11) is 0. The second kappa shape index (κ2) is 7.01. The zero-order chi connectivity index (χ0) is 17.1. The highest BCUT2D eigenvalue weighted by atomic mass is 32.1. The molecule has 0 bridgehead atoms. The van der Waals surface area contributed by atoms with E-state index in [-0.39, 0.29) is 24.8 Å². The third-order valence-corrected chi connectivity index (χ3v) is 4.94. The fraction of sp³-hybridized carbons (Fsp3) is 0.263. The molecule has 0 unspecified atom stereocenters. The van der Waals surface area contributed by atoms with Crippen molar-refractivity contribution in [2.75, 3.05) is 6.61 Å². The number of aromatic nitrogens is 1. The molecule has 5 heteroatoms. The third kappa shape index (κ3) is 3.57. The van der Waals surface area contributed by atoms with E-state index in [1.807, 2.05) is 50.4 Å². The van der Waals surface area contributed by atoms with Crippen molar-refractivity contribution in [3.8, 4) is 0 Å². The summed E-state index contributed by atoms with van der Waals surface area (Å²) in [4.78, 5) is 29.3. The highest BCUT2D eigenvalue weighted by molar-refractivity contribution is 7.12. The Morgan fingerprint density at radius 2 is 2.00 bits per heavy atom. The van der Waals surface area contributed by atoms with Crippen LogP contribution in [0.2, 0.25) is 0 Å². The fourth-order valence-electron chi connectivity index (χ4n) is 2.78. The standard InChI is InChI=1S/C19H19NO3S/c1-12-9-16(13(2)24-12)18(21)11-23-19(22)8-7-14-10-20-17-6-4-3-5-15(14)17/h3-6,9-10,20H,7-8,11H2,1-2H3. The van der Waals surface area contributed by atoms with Gasteiger partial charge < -0.3 is 9.72 Å². The van der Waals surface area contributed by atoms with Crippen LogP contribution in [0.25, 0.3) is 10.9 Å². The summed E-state index contributed by atoms with van der Waals surface area (Å²) in [5.74, 6) is -0.490. The number of rotatable bonds is 6. The average molecular weight is 341 g/mol. The van der Waals surface area contributed by atoms with Gasteiger partial charge in [-0.1, -0.05) is 18.2 Å². The molecular formula is C19H19NO3S. The van der Waals surface area contributed by atoms with E-state index in [0.29, 0.717) is 12.0 Å². The van der Waals surface area contributed by atoms with E-state index in [0.717, 1.165) is 26.2 Å². The Morgan fingerprint density at radius 3 is 2.75 bits per heavy atom. The van der Waals surface area contributed by atoms with Crippen molar-refractivity contribution in [3.05, 3.63) is 57.4 Å². The molecule has 3 rings (SSSR count). The van der Waals surface area contributed by atoms with Gasteiger partial charge in [-0.2, -0.15) is 0 Å². The van der Waals surface area contributed by atoms with Gasteiger partial charge in [0.15, 0.2) is 6.61 Å². The number of carbonyl (C=O) groups excluding carboxylic acids is 2. The summed E-state index contributed by atoms with van der Waals surface area (Å²) in [5.41, 5.74) is 2.79. The Balaban J connectivity index is 1.53. The van der Waals surface area contributed by atoms with Crippen LogP contribution in [0.15, 0.2) is 36.5 Å². The van der Waals surface area contributed by atoms with Gasteiger partial charge in [-0.25, -0.2) is 0 Å². The minimum Gasteiger partial charge on any atom is -0.457 e. The Kier molecular flexibility index (Phi) is 4.81. The van der Waals surface area contributed by atoms with Gasteiger partial charge in [-0.3, -0.25) is 9.59 Å². The number of para-hydroxylation sites is 1.